The van der Waals surface area contributed by atoms with E-state index in [1.165, 1.54) is 0 Å². The highest BCUT2D eigenvalue weighted by molar-refractivity contribution is 4.88. The lowest BCUT2D eigenvalue weighted by Crippen LogP contribution is -2.55. The Hall–Kier alpha value is -0.590. The molecule has 0 aromatic carbocycles. The Morgan fingerprint density at radius 2 is 2.38 bits per heavy atom. The molecule has 44 valence electrons. The minimum absolute atomic E-state index is 0.323. The number of nitriles is 1. The van der Waals surface area contributed by atoms with E-state index in [1.54, 1.807) is 0 Å². The van der Waals surface area contributed by atoms with Crippen molar-refractivity contribution < 1.29 is 0 Å². The molecule has 0 bridgehead atoms. The second-order valence-electron chi connectivity index (χ2n) is 2.11. The summed E-state index contributed by atoms with van der Waals surface area (Å²) >= 11 is 0. The zero-order valence-electron chi connectivity index (χ0n) is 4.67. The van der Waals surface area contributed by atoms with Crippen molar-refractivity contribution in [2.24, 2.45) is 5.73 Å². The summed E-state index contributed by atoms with van der Waals surface area (Å²) in [5.74, 6) is 0. The van der Waals surface area contributed by atoms with Crippen molar-refractivity contribution in [3.8, 4) is 6.07 Å². The van der Waals surface area contributed by atoms with Crippen molar-refractivity contribution in [2.75, 3.05) is 19.6 Å². The minimum Gasteiger partial charge on any atom is -0.325 e. The number of rotatable bonds is 1. The van der Waals surface area contributed by atoms with Crippen molar-refractivity contribution in [1.82, 2.24) is 4.90 Å². The van der Waals surface area contributed by atoms with Gasteiger partial charge in [0.25, 0.3) is 0 Å². The van der Waals surface area contributed by atoms with Crippen molar-refractivity contribution in [2.45, 2.75) is 6.04 Å². The van der Waals surface area contributed by atoms with Crippen LogP contribution in [0.2, 0.25) is 0 Å². The van der Waals surface area contributed by atoms with Gasteiger partial charge in [0, 0.05) is 19.1 Å². The van der Waals surface area contributed by atoms with Crippen molar-refractivity contribution in [3.05, 3.63) is 0 Å². The molecule has 0 atom stereocenters. The molecule has 1 aliphatic rings. The smallest absolute Gasteiger partial charge is 0.0867 e. The zero-order valence-corrected chi connectivity index (χ0v) is 4.67. The first-order valence-electron chi connectivity index (χ1n) is 2.68. The summed E-state index contributed by atoms with van der Waals surface area (Å²) in [7, 11) is 0. The first-order chi connectivity index (χ1) is 3.83. The molecule has 1 saturated heterocycles. The maximum Gasteiger partial charge on any atom is 0.0867 e. The van der Waals surface area contributed by atoms with Gasteiger partial charge >= 0.3 is 0 Å². The van der Waals surface area contributed by atoms with E-state index >= 15 is 0 Å². The summed E-state index contributed by atoms with van der Waals surface area (Å²) in [5, 5.41) is 8.16. The molecule has 0 radical (unpaired) electrons. The first-order valence-corrected chi connectivity index (χ1v) is 2.68. The molecule has 2 N–H and O–H groups in total. The van der Waals surface area contributed by atoms with Crippen molar-refractivity contribution in [3.63, 3.8) is 0 Å². The molecule has 0 aromatic heterocycles. The van der Waals surface area contributed by atoms with Gasteiger partial charge in [0.15, 0.2) is 0 Å². The second kappa shape index (κ2) is 2.12. The highest BCUT2D eigenvalue weighted by Gasteiger charge is 2.21. The van der Waals surface area contributed by atoms with E-state index in [0.717, 1.165) is 13.1 Å². The SMILES string of the molecule is N#CCN1CC(N)C1. The quantitative estimate of drug-likeness (QED) is 0.448. The van der Waals surface area contributed by atoms with Crippen LogP contribution in [0.4, 0.5) is 0 Å². The minimum atomic E-state index is 0.323. The van der Waals surface area contributed by atoms with Crippen molar-refractivity contribution >= 4 is 0 Å². The maximum absolute atomic E-state index is 8.16. The molecular formula is C5H9N3. The molecule has 0 aromatic rings. The third-order valence-corrected chi connectivity index (χ3v) is 1.28. The number of hydrogen-bond donors (Lipinski definition) is 1. The van der Waals surface area contributed by atoms with E-state index < -0.39 is 0 Å². The predicted octanol–water partition coefficient (Wildman–Crippen LogP) is -0.847. The molecule has 0 aliphatic carbocycles. The largest absolute Gasteiger partial charge is 0.325 e. The molecular weight excluding hydrogens is 102 g/mol. The van der Waals surface area contributed by atoms with Gasteiger partial charge in [-0.25, -0.2) is 0 Å². The molecule has 0 saturated carbocycles. The number of nitrogens with two attached hydrogens (primary N) is 1. The van der Waals surface area contributed by atoms with E-state index in [9.17, 15) is 0 Å². The van der Waals surface area contributed by atoms with E-state index in [1.807, 2.05) is 4.90 Å². The Morgan fingerprint density at radius 1 is 1.75 bits per heavy atom. The second-order valence-corrected chi connectivity index (χ2v) is 2.11. The van der Waals surface area contributed by atoms with Crippen LogP contribution in [0.25, 0.3) is 0 Å². The fraction of sp³-hybridized carbons (Fsp3) is 0.800. The Morgan fingerprint density at radius 3 is 2.75 bits per heavy atom. The van der Waals surface area contributed by atoms with Crippen molar-refractivity contribution in [1.29, 1.82) is 5.26 Å². The number of likely N-dealkylation sites (tertiary alicyclic amines) is 1. The average Bonchev–Trinajstić information content (AvgIpc) is 1.64. The highest BCUT2D eigenvalue weighted by atomic mass is 15.2. The van der Waals surface area contributed by atoms with Gasteiger partial charge in [-0.2, -0.15) is 5.26 Å². The third kappa shape index (κ3) is 0.971. The molecule has 0 amide bonds. The lowest BCUT2D eigenvalue weighted by molar-refractivity contribution is 0.172. The van der Waals surface area contributed by atoms with E-state index in [2.05, 4.69) is 6.07 Å². The van der Waals surface area contributed by atoms with E-state index in [4.69, 9.17) is 11.0 Å². The molecule has 1 rings (SSSR count). The van der Waals surface area contributed by atoms with Crippen LogP contribution in [0.3, 0.4) is 0 Å². The summed E-state index contributed by atoms with van der Waals surface area (Å²) < 4.78 is 0. The lowest BCUT2D eigenvalue weighted by atomic mass is 10.1. The van der Waals surface area contributed by atoms with Gasteiger partial charge in [-0.15, -0.1) is 0 Å². The summed E-state index contributed by atoms with van der Waals surface area (Å²) in [6, 6.07) is 2.38. The zero-order chi connectivity index (χ0) is 5.98. The summed E-state index contributed by atoms with van der Waals surface area (Å²) in [5.41, 5.74) is 5.45. The normalized spacial score (nSPS) is 22.0. The van der Waals surface area contributed by atoms with Crippen LogP contribution in [0.5, 0.6) is 0 Å². The molecule has 8 heavy (non-hydrogen) atoms. The molecule has 1 heterocycles. The number of hydrogen-bond acceptors (Lipinski definition) is 3. The summed E-state index contributed by atoms with van der Waals surface area (Å²) in [6.45, 7) is 2.33. The molecule has 3 nitrogen and oxygen atoms in total. The van der Waals surface area contributed by atoms with Crippen LogP contribution in [0.1, 0.15) is 0 Å². The Bertz CT molecular complexity index is 109. The summed E-state index contributed by atoms with van der Waals surface area (Å²) in [4.78, 5) is 2.02. The Labute approximate surface area is 48.7 Å². The molecule has 1 aliphatic heterocycles. The van der Waals surface area contributed by atoms with Crippen LogP contribution >= 0.6 is 0 Å². The topological polar surface area (TPSA) is 53.0 Å². The Balaban J connectivity index is 2.09. The average molecular weight is 111 g/mol. The van der Waals surface area contributed by atoms with Gasteiger partial charge in [-0.1, -0.05) is 0 Å². The standard InChI is InChI=1S/C5H9N3/c6-1-2-8-3-5(7)4-8/h5H,2-4,7H2. The fourth-order valence-corrected chi connectivity index (χ4v) is 0.839. The highest BCUT2D eigenvalue weighted by Crippen LogP contribution is 2.01. The van der Waals surface area contributed by atoms with Gasteiger partial charge in [-0.3, -0.25) is 4.90 Å². The summed E-state index contributed by atoms with van der Waals surface area (Å²) in [6.07, 6.45) is 0. The third-order valence-electron chi connectivity index (χ3n) is 1.28. The van der Waals surface area contributed by atoms with Crippen LogP contribution in [0, 0.1) is 11.3 Å². The van der Waals surface area contributed by atoms with E-state index in [0.29, 0.717) is 12.6 Å². The van der Waals surface area contributed by atoms with Gasteiger partial charge < -0.3 is 5.73 Å². The molecule has 1 fully saturated rings. The first kappa shape index (κ1) is 5.54. The van der Waals surface area contributed by atoms with Crippen LogP contribution < -0.4 is 5.73 Å². The van der Waals surface area contributed by atoms with Gasteiger partial charge in [-0.05, 0) is 0 Å². The monoisotopic (exact) mass is 111 g/mol. The van der Waals surface area contributed by atoms with Crippen LogP contribution in [0.15, 0.2) is 0 Å². The number of nitrogens with zero attached hydrogens (tertiary/aromatic N) is 2. The molecule has 0 unspecified atom stereocenters. The lowest BCUT2D eigenvalue weighted by Gasteiger charge is -2.34. The maximum atomic E-state index is 8.16. The molecule has 3 heteroatoms. The van der Waals surface area contributed by atoms with Gasteiger partial charge in [0.1, 0.15) is 0 Å². The predicted molar refractivity (Wildman–Crippen MR) is 30.0 cm³/mol. The van der Waals surface area contributed by atoms with E-state index in [-0.39, 0.29) is 0 Å². The van der Waals surface area contributed by atoms with Gasteiger partial charge in [0.05, 0.1) is 12.6 Å². The fourth-order valence-electron chi connectivity index (χ4n) is 0.839. The van der Waals surface area contributed by atoms with Crippen LogP contribution in [-0.2, 0) is 0 Å². The van der Waals surface area contributed by atoms with Gasteiger partial charge in [0.2, 0.25) is 0 Å². The Kier molecular flexibility index (Phi) is 1.47. The molecule has 0 spiro atoms. The van der Waals surface area contributed by atoms with Crippen LogP contribution in [-0.4, -0.2) is 30.6 Å².